The fourth-order valence-electron chi connectivity index (χ4n) is 3.62. The van der Waals surface area contributed by atoms with E-state index in [9.17, 15) is 9.59 Å². The lowest BCUT2D eigenvalue weighted by Gasteiger charge is -2.08. The Morgan fingerprint density at radius 1 is 0.946 bits per heavy atom. The molecule has 1 heterocycles. The van der Waals surface area contributed by atoms with E-state index in [1.807, 2.05) is 62.4 Å². The van der Waals surface area contributed by atoms with Crippen molar-refractivity contribution in [2.45, 2.75) is 26.9 Å². The van der Waals surface area contributed by atoms with Gasteiger partial charge >= 0.3 is 5.97 Å². The van der Waals surface area contributed by atoms with Crippen LogP contribution in [-0.4, -0.2) is 24.1 Å². The molecule has 0 spiro atoms. The quantitative estimate of drug-likeness (QED) is 0.279. The summed E-state index contributed by atoms with van der Waals surface area (Å²) in [5.74, 6) is 7.00. The summed E-state index contributed by atoms with van der Waals surface area (Å²) in [5.41, 5.74) is 5.13. The van der Waals surface area contributed by atoms with Gasteiger partial charge in [-0.15, -0.1) is 0 Å². The van der Waals surface area contributed by atoms with Gasteiger partial charge in [0.15, 0.2) is 0 Å². The van der Waals surface area contributed by atoms with E-state index >= 15 is 0 Å². The van der Waals surface area contributed by atoms with Gasteiger partial charge in [-0.05, 0) is 67.9 Å². The molecule has 0 unspecified atom stereocenters. The predicted octanol–water partition coefficient (Wildman–Crippen LogP) is 5.24. The monoisotopic (exact) mass is 494 g/mol. The molecule has 4 aromatic rings. The maximum Gasteiger partial charge on any atom is 0.337 e. The van der Waals surface area contributed by atoms with E-state index in [-0.39, 0.29) is 12.3 Å². The molecular weight excluding hydrogens is 468 g/mol. The molecule has 0 bridgehead atoms. The highest BCUT2D eigenvalue weighted by Crippen LogP contribution is 2.19. The Hall–Kier alpha value is -4.83. The second-order valence-corrected chi connectivity index (χ2v) is 8.36. The van der Waals surface area contributed by atoms with Crippen molar-refractivity contribution in [3.05, 3.63) is 112 Å². The number of carbonyl (C=O) groups is 2. The molecule has 186 valence electrons. The Morgan fingerprint density at radius 2 is 1.65 bits per heavy atom. The van der Waals surface area contributed by atoms with Crippen molar-refractivity contribution in [1.29, 1.82) is 0 Å². The van der Waals surface area contributed by atoms with Gasteiger partial charge in [0, 0.05) is 16.8 Å². The molecule has 1 amide bonds. The molecule has 0 saturated carbocycles. The van der Waals surface area contributed by atoms with E-state index in [0.717, 1.165) is 28.1 Å². The third kappa shape index (κ3) is 6.86. The number of ether oxygens (including phenoxy) is 2. The summed E-state index contributed by atoms with van der Waals surface area (Å²) in [6.07, 6.45) is 0.223. The summed E-state index contributed by atoms with van der Waals surface area (Å²) in [6, 6.07) is 21.6. The number of aryl methyl sites for hydroxylation is 2. The minimum absolute atomic E-state index is 0.139. The van der Waals surface area contributed by atoms with Crippen LogP contribution < -0.4 is 10.1 Å². The van der Waals surface area contributed by atoms with Crippen molar-refractivity contribution in [2.24, 2.45) is 0 Å². The van der Waals surface area contributed by atoms with Gasteiger partial charge in [-0.2, -0.15) is 0 Å². The topological polar surface area (TPSA) is 90.7 Å². The fourth-order valence-corrected chi connectivity index (χ4v) is 3.62. The van der Waals surface area contributed by atoms with Crippen LogP contribution in [0.4, 0.5) is 5.69 Å². The van der Waals surface area contributed by atoms with Crippen LogP contribution in [-0.2, 0) is 22.6 Å². The summed E-state index contributed by atoms with van der Waals surface area (Å²) in [4.78, 5) is 24.3. The average molecular weight is 495 g/mol. The molecule has 0 atom stereocenters. The smallest absolute Gasteiger partial charge is 0.337 e. The molecule has 0 aliphatic rings. The van der Waals surface area contributed by atoms with Crippen LogP contribution >= 0.6 is 0 Å². The lowest BCUT2D eigenvalue weighted by atomic mass is 10.1. The van der Waals surface area contributed by atoms with Crippen molar-refractivity contribution < 1.29 is 23.6 Å². The number of esters is 1. The van der Waals surface area contributed by atoms with Crippen LogP contribution in [0.25, 0.3) is 0 Å². The van der Waals surface area contributed by atoms with E-state index < -0.39 is 5.97 Å². The molecule has 0 fully saturated rings. The van der Waals surface area contributed by atoms with E-state index in [0.29, 0.717) is 29.2 Å². The largest absolute Gasteiger partial charge is 0.489 e. The van der Waals surface area contributed by atoms with Crippen molar-refractivity contribution >= 4 is 17.6 Å². The third-order valence-corrected chi connectivity index (χ3v) is 5.63. The number of rotatable bonds is 7. The first-order valence-corrected chi connectivity index (χ1v) is 11.6. The van der Waals surface area contributed by atoms with Gasteiger partial charge < -0.3 is 19.3 Å². The molecule has 0 saturated heterocycles. The molecule has 1 aromatic heterocycles. The van der Waals surface area contributed by atoms with Crippen LogP contribution in [0.3, 0.4) is 0 Å². The second kappa shape index (κ2) is 11.7. The first kappa shape index (κ1) is 25.3. The van der Waals surface area contributed by atoms with Crippen LogP contribution in [0.2, 0.25) is 0 Å². The molecular formula is C30H26N2O5. The van der Waals surface area contributed by atoms with Crippen LogP contribution in [0.1, 0.15) is 44.1 Å². The lowest BCUT2D eigenvalue weighted by molar-refractivity contribution is -0.115. The van der Waals surface area contributed by atoms with Gasteiger partial charge in [-0.25, -0.2) is 4.79 Å². The lowest BCUT2D eigenvalue weighted by Crippen LogP contribution is -2.14. The first-order chi connectivity index (χ1) is 17.9. The average Bonchev–Trinajstić information content (AvgIpc) is 3.23. The number of methoxy groups -OCH3 is 1. The van der Waals surface area contributed by atoms with Gasteiger partial charge in [0.1, 0.15) is 18.1 Å². The SMILES string of the molecule is COC(=O)c1cccc(C#Cc2cccc(NC(=O)Cc3ccc(OCc4c(C)noc4C)cc3)c2)c1. The number of carbonyl (C=O) groups excluding carboxylic acids is 2. The molecule has 0 aliphatic heterocycles. The third-order valence-electron chi connectivity index (χ3n) is 5.63. The molecule has 0 aliphatic carbocycles. The zero-order valence-corrected chi connectivity index (χ0v) is 20.8. The number of nitrogens with zero attached hydrogens (tertiary/aromatic N) is 1. The normalized spacial score (nSPS) is 10.2. The van der Waals surface area contributed by atoms with Gasteiger partial charge in [-0.3, -0.25) is 4.79 Å². The van der Waals surface area contributed by atoms with E-state index in [2.05, 4.69) is 22.3 Å². The van der Waals surface area contributed by atoms with Crippen molar-refractivity contribution in [2.75, 3.05) is 12.4 Å². The number of hydrogen-bond donors (Lipinski definition) is 1. The van der Waals surface area contributed by atoms with Gasteiger partial charge in [0.25, 0.3) is 0 Å². The molecule has 7 heteroatoms. The summed E-state index contributed by atoms with van der Waals surface area (Å²) in [7, 11) is 1.34. The van der Waals surface area contributed by atoms with Gasteiger partial charge in [0.05, 0.1) is 30.4 Å². The highest BCUT2D eigenvalue weighted by Gasteiger charge is 2.10. The van der Waals surface area contributed by atoms with Crippen LogP contribution in [0.15, 0.2) is 77.3 Å². The maximum atomic E-state index is 12.6. The fraction of sp³-hybridized carbons (Fsp3) is 0.167. The zero-order chi connectivity index (χ0) is 26.2. The summed E-state index contributed by atoms with van der Waals surface area (Å²) in [6.45, 7) is 4.11. The standard InChI is InChI=1S/C30H26N2O5/c1-20-28(21(2)37-32-20)19-36-27-14-12-24(13-15-27)18-29(33)31-26-9-5-7-23(17-26)11-10-22-6-4-8-25(16-22)30(34)35-3/h4-9,12-17H,18-19H2,1-3H3,(H,31,33). The Bertz CT molecular complexity index is 1460. The number of amides is 1. The van der Waals surface area contributed by atoms with Crippen molar-refractivity contribution in [3.63, 3.8) is 0 Å². The minimum atomic E-state index is -0.410. The number of benzene rings is 3. The number of nitrogens with one attached hydrogen (secondary N) is 1. The van der Waals surface area contributed by atoms with E-state index in [1.54, 1.807) is 24.3 Å². The van der Waals surface area contributed by atoms with Crippen LogP contribution in [0.5, 0.6) is 5.75 Å². The van der Waals surface area contributed by atoms with E-state index in [4.69, 9.17) is 14.0 Å². The molecule has 3 aromatic carbocycles. The highest BCUT2D eigenvalue weighted by molar-refractivity contribution is 5.92. The Labute approximate surface area is 215 Å². The Balaban J connectivity index is 1.33. The Morgan fingerprint density at radius 3 is 2.32 bits per heavy atom. The predicted molar refractivity (Wildman–Crippen MR) is 139 cm³/mol. The van der Waals surface area contributed by atoms with Gasteiger partial charge in [0.2, 0.25) is 5.91 Å². The number of anilines is 1. The van der Waals surface area contributed by atoms with Crippen LogP contribution in [0, 0.1) is 25.7 Å². The minimum Gasteiger partial charge on any atom is -0.489 e. The molecule has 37 heavy (non-hydrogen) atoms. The first-order valence-electron chi connectivity index (χ1n) is 11.6. The van der Waals surface area contributed by atoms with Gasteiger partial charge in [-0.1, -0.05) is 41.3 Å². The van der Waals surface area contributed by atoms with Crippen molar-refractivity contribution in [3.8, 4) is 17.6 Å². The summed E-state index contributed by atoms with van der Waals surface area (Å²) >= 11 is 0. The van der Waals surface area contributed by atoms with E-state index in [1.165, 1.54) is 7.11 Å². The summed E-state index contributed by atoms with van der Waals surface area (Å²) in [5, 5.41) is 6.84. The molecule has 0 radical (unpaired) electrons. The number of hydrogen-bond acceptors (Lipinski definition) is 6. The maximum absolute atomic E-state index is 12.6. The second-order valence-electron chi connectivity index (χ2n) is 8.36. The number of aromatic nitrogens is 1. The Kier molecular flexibility index (Phi) is 8.01. The summed E-state index contributed by atoms with van der Waals surface area (Å²) < 4.78 is 15.7. The molecule has 7 nitrogen and oxygen atoms in total. The highest BCUT2D eigenvalue weighted by atomic mass is 16.5. The van der Waals surface area contributed by atoms with Crippen molar-refractivity contribution in [1.82, 2.24) is 5.16 Å². The molecule has 1 N–H and O–H groups in total. The zero-order valence-electron chi connectivity index (χ0n) is 20.8. The molecule has 4 rings (SSSR count).